The molecule has 6 heteroatoms. The minimum absolute atomic E-state index is 0. The molecule has 2 aromatic rings. The second-order valence-electron chi connectivity index (χ2n) is 6.68. The van der Waals surface area contributed by atoms with E-state index in [2.05, 4.69) is 53.4 Å². The van der Waals surface area contributed by atoms with E-state index in [0.29, 0.717) is 18.4 Å². The molecule has 0 saturated carbocycles. The van der Waals surface area contributed by atoms with Crippen LogP contribution in [0.15, 0.2) is 30.5 Å². The van der Waals surface area contributed by atoms with E-state index in [0.717, 1.165) is 25.2 Å². The van der Waals surface area contributed by atoms with Crippen LogP contribution >= 0.6 is 24.8 Å². The second-order valence-corrected chi connectivity index (χ2v) is 6.68. The topological polar surface area (TPSA) is 46.1 Å². The van der Waals surface area contributed by atoms with Gasteiger partial charge in [0.15, 0.2) is 0 Å². The fourth-order valence-corrected chi connectivity index (χ4v) is 3.20. The molecule has 134 valence electrons. The maximum Gasteiger partial charge on any atom is 0.225 e. The summed E-state index contributed by atoms with van der Waals surface area (Å²) in [4.78, 5) is 12.1. The van der Waals surface area contributed by atoms with Gasteiger partial charge in [0.25, 0.3) is 0 Å². The van der Waals surface area contributed by atoms with E-state index in [-0.39, 0.29) is 30.7 Å². The van der Waals surface area contributed by atoms with Crippen molar-refractivity contribution in [3.8, 4) is 0 Å². The van der Waals surface area contributed by atoms with E-state index in [1.807, 2.05) is 6.07 Å². The lowest BCUT2D eigenvalue weighted by Crippen LogP contribution is -2.27. The number of hydrogen-bond donors (Lipinski definition) is 2. The molecule has 1 atom stereocenters. The number of fused-ring (bicyclic) bond motifs is 1. The predicted octanol–water partition coefficient (Wildman–Crippen LogP) is 4.22. The number of rotatable bonds is 5. The Labute approximate surface area is 156 Å². The number of halogens is 2. The molecule has 4 nitrogen and oxygen atoms in total. The van der Waals surface area contributed by atoms with Crippen molar-refractivity contribution in [3.05, 3.63) is 30.5 Å². The number of nitrogens with one attached hydrogen (secondary N) is 2. The van der Waals surface area contributed by atoms with Crippen LogP contribution in [0.2, 0.25) is 0 Å². The van der Waals surface area contributed by atoms with Gasteiger partial charge in [-0.25, -0.2) is 0 Å². The summed E-state index contributed by atoms with van der Waals surface area (Å²) in [6.45, 7) is 6.49. The van der Waals surface area contributed by atoms with Crippen molar-refractivity contribution in [2.75, 3.05) is 11.9 Å². The standard InChI is InChI=1S/C18H25N3O.2ClH/c1-13(2)12-21-9-7-14-10-16(5-6-17(14)21)20-18(22)11-15-4-3-8-19-15;;/h5-7,9-10,13,15,19H,3-4,8,11-12H2,1-2H3,(H,20,22);2*1H. The number of hydrogen-bond acceptors (Lipinski definition) is 2. The Morgan fingerprint density at radius 2 is 2.12 bits per heavy atom. The van der Waals surface area contributed by atoms with Gasteiger partial charge in [-0.1, -0.05) is 13.8 Å². The summed E-state index contributed by atoms with van der Waals surface area (Å²) in [6.07, 6.45) is 4.96. The quantitative estimate of drug-likeness (QED) is 0.826. The van der Waals surface area contributed by atoms with Crippen molar-refractivity contribution < 1.29 is 4.79 Å². The molecule has 1 aliphatic heterocycles. The molecule has 1 saturated heterocycles. The number of carbonyl (C=O) groups excluding carboxylic acids is 1. The first kappa shape index (κ1) is 20.8. The zero-order valence-corrected chi connectivity index (χ0v) is 15.9. The summed E-state index contributed by atoms with van der Waals surface area (Å²) in [5.74, 6) is 0.717. The molecule has 1 fully saturated rings. The van der Waals surface area contributed by atoms with E-state index in [4.69, 9.17) is 0 Å². The van der Waals surface area contributed by atoms with Crippen molar-refractivity contribution in [1.29, 1.82) is 0 Å². The molecule has 2 N–H and O–H groups in total. The van der Waals surface area contributed by atoms with Gasteiger partial charge in [0.1, 0.15) is 0 Å². The summed E-state index contributed by atoms with van der Waals surface area (Å²) in [6, 6.07) is 8.62. The second kappa shape index (κ2) is 9.30. The molecule has 1 amide bonds. The average Bonchev–Trinajstić information content (AvgIpc) is 3.08. The smallest absolute Gasteiger partial charge is 0.225 e. The molecule has 1 unspecified atom stereocenters. The zero-order chi connectivity index (χ0) is 15.5. The lowest BCUT2D eigenvalue weighted by atomic mass is 10.1. The first-order valence-corrected chi connectivity index (χ1v) is 8.24. The molecule has 1 aliphatic rings. The number of aromatic nitrogens is 1. The Morgan fingerprint density at radius 1 is 1.33 bits per heavy atom. The van der Waals surface area contributed by atoms with Crippen LogP contribution in [-0.2, 0) is 11.3 Å². The summed E-state index contributed by atoms with van der Waals surface area (Å²) < 4.78 is 2.27. The first-order valence-electron chi connectivity index (χ1n) is 8.24. The summed E-state index contributed by atoms with van der Waals surface area (Å²) in [5, 5.41) is 7.56. The van der Waals surface area contributed by atoms with Gasteiger partial charge in [0.05, 0.1) is 0 Å². The molecule has 1 aromatic heterocycles. The molecule has 24 heavy (non-hydrogen) atoms. The Kier molecular flexibility index (Phi) is 8.07. The fraction of sp³-hybridized carbons (Fsp3) is 0.500. The molecular weight excluding hydrogens is 345 g/mol. The van der Waals surface area contributed by atoms with E-state index in [1.165, 1.54) is 17.3 Å². The third kappa shape index (κ3) is 5.13. The zero-order valence-electron chi connectivity index (χ0n) is 14.2. The van der Waals surface area contributed by atoms with Crippen LogP contribution in [0.3, 0.4) is 0 Å². The highest BCUT2D eigenvalue weighted by molar-refractivity contribution is 5.94. The Bertz CT molecular complexity index is 663. The van der Waals surface area contributed by atoms with Crippen molar-refractivity contribution in [1.82, 2.24) is 9.88 Å². The highest BCUT2D eigenvalue weighted by Crippen LogP contribution is 2.22. The van der Waals surface area contributed by atoms with Crippen LogP contribution in [0.5, 0.6) is 0 Å². The number of nitrogens with zero attached hydrogens (tertiary/aromatic N) is 1. The molecule has 0 spiro atoms. The molecular formula is C18H27Cl2N3O. The van der Waals surface area contributed by atoms with Gasteiger partial charge in [-0.05, 0) is 49.6 Å². The third-order valence-electron chi connectivity index (χ3n) is 4.21. The lowest BCUT2D eigenvalue weighted by molar-refractivity contribution is -0.116. The Hall–Kier alpha value is -1.23. The molecule has 0 bridgehead atoms. The highest BCUT2D eigenvalue weighted by Gasteiger charge is 2.17. The molecule has 1 aromatic carbocycles. The Balaban J connectivity index is 0.00000144. The van der Waals surface area contributed by atoms with Crippen molar-refractivity contribution in [2.45, 2.75) is 45.7 Å². The number of amides is 1. The van der Waals surface area contributed by atoms with Crippen molar-refractivity contribution >= 4 is 47.3 Å². The largest absolute Gasteiger partial charge is 0.347 e. The van der Waals surface area contributed by atoms with Gasteiger partial charge in [-0.2, -0.15) is 0 Å². The van der Waals surface area contributed by atoms with Crippen LogP contribution in [0.1, 0.15) is 33.1 Å². The van der Waals surface area contributed by atoms with E-state index < -0.39 is 0 Å². The monoisotopic (exact) mass is 371 g/mol. The van der Waals surface area contributed by atoms with Crippen LogP contribution in [0.25, 0.3) is 10.9 Å². The fourth-order valence-electron chi connectivity index (χ4n) is 3.20. The van der Waals surface area contributed by atoms with Gasteiger partial charge in [-0.15, -0.1) is 24.8 Å². The Morgan fingerprint density at radius 3 is 2.79 bits per heavy atom. The normalized spacial score (nSPS) is 16.7. The van der Waals surface area contributed by atoms with Crippen LogP contribution in [0.4, 0.5) is 5.69 Å². The predicted molar refractivity (Wildman–Crippen MR) is 106 cm³/mol. The number of benzene rings is 1. The van der Waals surface area contributed by atoms with E-state index in [9.17, 15) is 4.79 Å². The number of carbonyl (C=O) groups is 1. The summed E-state index contributed by atoms with van der Waals surface area (Å²) >= 11 is 0. The third-order valence-corrected chi connectivity index (χ3v) is 4.21. The first-order chi connectivity index (χ1) is 10.6. The van der Waals surface area contributed by atoms with Gasteiger partial charge in [0, 0.05) is 41.8 Å². The van der Waals surface area contributed by atoms with Crippen LogP contribution < -0.4 is 10.6 Å². The molecule has 0 aliphatic carbocycles. The van der Waals surface area contributed by atoms with Gasteiger partial charge < -0.3 is 15.2 Å². The molecule has 0 radical (unpaired) electrons. The highest BCUT2D eigenvalue weighted by atomic mass is 35.5. The number of anilines is 1. The maximum absolute atomic E-state index is 12.1. The van der Waals surface area contributed by atoms with E-state index >= 15 is 0 Å². The van der Waals surface area contributed by atoms with Gasteiger partial charge in [0.2, 0.25) is 5.91 Å². The summed E-state index contributed by atoms with van der Waals surface area (Å²) in [5.41, 5.74) is 2.11. The minimum atomic E-state index is 0. The lowest BCUT2D eigenvalue weighted by Gasteiger charge is -2.11. The maximum atomic E-state index is 12.1. The van der Waals surface area contributed by atoms with Crippen LogP contribution in [-0.4, -0.2) is 23.1 Å². The van der Waals surface area contributed by atoms with Crippen molar-refractivity contribution in [3.63, 3.8) is 0 Å². The molecule has 3 rings (SSSR count). The van der Waals surface area contributed by atoms with Crippen LogP contribution in [0, 0.1) is 5.92 Å². The van der Waals surface area contributed by atoms with Gasteiger partial charge in [-0.3, -0.25) is 4.79 Å². The molecule has 2 heterocycles. The van der Waals surface area contributed by atoms with E-state index in [1.54, 1.807) is 0 Å². The SMILES string of the molecule is CC(C)Cn1ccc2cc(NC(=O)CC3CCCN3)ccc21.Cl.Cl. The summed E-state index contributed by atoms with van der Waals surface area (Å²) in [7, 11) is 0. The van der Waals surface area contributed by atoms with Gasteiger partial charge >= 0.3 is 0 Å². The van der Waals surface area contributed by atoms with Crippen molar-refractivity contribution in [2.24, 2.45) is 5.92 Å². The average molecular weight is 372 g/mol. The minimum Gasteiger partial charge on any atom is -0.347 e.